The lowest BCUT2D eigenvalue weighted by atomic mass is 9.79. The van der Waals surface area contributed by atoms with Gasteiger partial charge in [0.05, 0.1) is 11.5 Å². The van der Waals surface area contributed by atoms with E-state index in [4.69, 9.17) is 15.5 Å². The molecular weight excluding hydrogens is 498 g/mol. The molecule has 3 fully saturated rings. The van der Waals surface area contributed by atoms with E-state index in [1.54, 1.807) is 6.33 Å². The SMILES string of the molecule is Nc1ncnc2c1c(-c1ccc3c(c1)OC(c1ccccc1)CC3)cn2C1CC(CN2C3CC[C@H]2CC(O)C3)C1. The third kappa shape index (κ3) is 4.10. The molecule has 40 heavy (non-hydrogen) atoms. The Morgan fingerprint density at radius 3 is 2.52 bits per heavy atom. The Morgan fingerprint density at radius 2 is 1.73 bits per heavy atom. The standard InChI is InChI=1S/C33H37N5O2/c34-32-31-28(23-7-6-22-8-11-29(40-30(22)14-23)21-4-2-1-3-5-21)18-38(33(31)36-19-35-32)26-12-20(13-26)17-37-24-9-10-25(37)16-27(39)15-24/h1-7,14,18-20,24-27,29,39H,8-13,15-17H2,(H2,34,35,36)/t20?,24-,25?,26?,27?,29?/m0/s1. The van der Waals surface area contributed by atoms with Crippen LogP contribution in [0, 0.1) is 5.92 Å². The number of nitrogen functional groups attached to an aromatic ring is 1. The number of nitrogens with zero attached hydrogens (tertiary/aromatic N) is 4. The third-order valence-corrected chi connectivity index (χ3v) is 10.1. The third-order valence-electron chi connectivity index (χ3n) is 10.1. The van der Waals surface area contributed by atoms with Crippen molar-refractivity contribution in [2.24, 2.45) is 5.92 Å². The van der Waals surface area contributed by atoms with Crippen molar-refractivity contribution in [2.75, 3.05) is 12.3 Å². The van der Waals surface area contributed by atoms with Crippen molar-refractivity contribution < 1.29 is 9.84 Å². The largest absolute Gasteiger partial charge is 0.485 e. The number of aryl methyl sites for hydroxylation is 1. The van der Waals surface area contributed by atoms with E-state index in [0.29, 0.717) is 29.9 Å². The first-order chi connectivity index (χ1) is 19.6. The van der Waals surface area contributed by atoms with Crippen LogP contribution in [0.1, 0.15) is 68.2 Å². The number of ether oxygens (including phenoxy) is 1. The number of aliphatic hydroxyl groups excluding tert-OH is 1. The zero-order valence-corrected chi connectivity index (χ0v) is 22.8. The predicted molar refractivity (Wildman–Crippen MR) is 156 cm³/mol. The average Bonchev–Trinajstić information content (AvgIpc) is 3.45. The fourth-order valence-electron chi connectivity index (χ4n) is 7.96. The molecule has 2 aromatic heterocycles. The average molecular weight is 536 g/mol. The minimum Gasteiger partial charge on any atom is -0.485 e. The van der Waals surface area contributed by atoms with E-state index in [0.717, 1.165) is 73.0 Å². The highest BCUT2D eigenvalue weighted by Crippen LogP contribution is 2.46. The van der Waals surface area contributed by atoms with Gasteiger partial charge in [-0.05, 0) is 80.0 Å². The molecule has 4 atom stereocenters. The van der Waals surface area contributed by atoms with Gasteiger partial charge in [0.15, 0.2) is 0 Å². The van der Waals surface area contributed by atoms with Crippen LogP contribution in [0.3, 0.4) is 0 Å². The second kappa shape index (κ2) is 9.60. The number of benzene rings is 2. The molecule has 5 heterocycles. The smallest absolute Gasteiger partial charge is 0.146 e. The van der Waals surface area contributed by atoms with Crippen LogP contribution < -0.4 is 10.5 Å². The molecule has 8 rings (SSSR count). The number of nitrogens with two attached hydrogens (primary N) is 1. The normalized spacial score (nSPS) is 29.6. The molecule has 0 radical (unpaired) electrons. The summed E-state index contributed by atoms with van der Waals surface area (Å²) < 4.78 is 8.88. The van der Waals surface area contributed by atoms with E-state index in [2.05, 4.69) is 63.1 Å². The molecule has 2 bridgehead atoms. The molecule has 2 aromatic carbocycles. The number of piperidine rings is 1. The molecule has 1 aliphatic carbocycles. The van der Waals surface area contributed by atoms with E-state index in [1.165, 1.54) is 24.0 Å². The van der Waals surface area contributed by atoms with Crippen LogP contribution in [-0.2, 0) is 6.42 Å². The number of anilines is 1. The quantitative estimate of drug-likeness (QED) is 0.342. The Kier molecular flexibility index (Phi) is 5.85. The van der Waals surface area contributed by atoms with Crippen molar-refractivity contribution in [3.05, 3.63) is 72.2 Å². The summed E-state index contributed by atoms with van der Waals surface area (Å²) in [4.78, 5) is 11.8. The fraction of sp³-hybridized carbons (Fsp3) is 0.455. The van der Waals surface area contributed by atoms with Gasteiger partial charge in [-0.25, -0.2) is 9.97 Å². The summed E-state index contributed by atoms with van der Waals surface area (Å²) in [6.45, 7) is 1.16. The van der Waals surface area contributed by atoms with Gasteiger partial charge in [-0.3, -0.25) is 4.90 Å². The van der Waals surface area contributed by atoms with Gasteiger partial charge in [0.1, 0.15) is 29.6 Å². The summed E-state index contributed by atoms with van der Waals surface area (Å²) in [7, 11) is 0. The van der Waals surface area contributed by atoms with E-state index < -0.39 is 0 Å². The lowest BCUT2D eigenvalue weighted by Gasteiger charge is -2.44. The Balaban J connectivity index is 1.06. The molecule has 0 spiro atoms. The number of hydrogen-bond acceptors (Lipinski definition) is 6. The van der Waals surface area contributed by atoms with Crippen LogP contribution in [0.2, 0.25) is 0 Å². The topological polar surface area (TPSA) is 89.4 Å². The predicted octanol–water partition coefficient (Wildman–Crippen LogP) is 5.69. The minimum atomic E-state index is -0.101. The van der Waals surface area contributed by atoms with Crippen LogP contribution in [-0.4, -0.2) is 49.3 Å². The van der Waals surface area contributed by atoms with Gasteiger partial charge < -0.3 is 20.1 Å². The second-order valence-corrected chi connectivity index (χ2v) is 12.5. The van der Waals surface area contributed by atoms with Crippen molar-refractivity contribution in [2.45, 2.75) is 81.7 Å². The lowest BCUT2D eigenvalue weighted by Crippen LogP contribution is -2.48. The van der Waals surface area contributed by atoms with Gasteiger partial charge in [-0.15, -0.1) is 0 Å². The fourth-order valence-corrected chi connectivity index (χ4v) is 7.96. The molecule has 3 N–H and O–H groups in total. The molecule has 3 unspecified atom stereocenters. The van der Waals surface area contributed by atoms with Gasteiger partial charge in [0, 0.05) is 36.4 Å². The Labute approximate surface area is 235 Å². The van der Waals surface area contributed by atoms with Crippen molar-refractivity contribution in [1.82, 2.24) is 19.4 Å². The van der Waals surface area contributed by atoms with Gasteiger partial charge in [-0.1, -0.05) is 42.5 Å². The molecular formula is C33H37N5O2. The van der Waals surface area contributed by atoms with Gasteiger partial charge in [0.2, 0.25) is 0 Å². The maximum Gasteiger partial charge on any atom is 0.146 e. The van der Waals surface area contributed by atoms with Crippen LogP contribution in [0.15, 0.2) is 61.1 Å². The molecule has 4 aliphatic rings. The first-order valence-electron chi connectivity index (χ1n) is 15.0. The van der Waals surface area contributed by atoms with Crippen molar-refractivity contribution in [1.29, 1.82) is 0 Å². The molecule has 1 saturated carbocycles. The highest BCUT2D eigenvalue weighted by atomic mass is 16.5. The summed E-state index contributed by atoms with van der Waals surface area (Å²) >= 11 is 0. The summed E-state index contributed by atoms with van der Waals surface area (Å²) in [5.41, 5.74) is 12.1. The maximum absolute atomic E-state index is 10.2. The second-order valence-electron chi connectivity index (χ2n) is 12.5. The summed E-state index contributed by atoms with van der Waals surface area (Å²) in [6, 6.07) is 18.7. The first-order valence-corrected chi connectivity index (χ1v) is 15.0. The molecule has 2 saturated heterocycles. The molecule has 0 amide bonds. The maximum atomic E-state index is 10.2. The van der Waals surface area contributed by atoms with Crippen LogP contribution in [0.4, 0.5) is 5.82 Å². The molecule has 3 aliphatic heterocycles. The van der Waals surface area contributed by atoms with Gasteiger partial charge >= 0.3 is 0 Å². The molecule has 4 aromatic rings. The summed E-state index contributed by atoms with van der Waals surface area (Å²) in [5, 5.41) is 11.1. The van der Waals surface area contributed by atoms with Crippen LogP contribution in [0.25, 0.3) is 22.2 Å². The molecule has 7 nitrogen and oxygen atoms in total. The number of aromatic nitrogens is 3. The zero-order chi connectivity index (χ0) is 26.8. The van der Waals surface area contributed by atoms with E-state index in [9.17, 15) is 5.11 Å². The summed E-state index contributed by atoms with van der Waals surface area (Å²) in [5.74, 6) is 2.17. The number of hydrogen-bond donors (Lipinski definition) is 2. The van der Waals surface area contributed by atoms with Crippen LogP contribution >= 0.6 is 0 Å². The van der Waals surface area contributed by atoms with Crippen molar-refractivity contribution in [3.63, 3.8) is 0 Å². The summed E-state index contributed by atoms with van der Waals surface area (Å²) in [6.07, 6.45) is 12.5. The van der Waals surface area contributed by atoms with Crippen molar-refractivity contribution in [3.8, 4) is 16.9 Å². The van der Waals surface area contributed by atoms with E-state index >= 15 is 0 Å². The Hall–Kier alpha value is -3.42. The van der Waals surface area contributed by atoms with Gasteiger partial charge in [0.25, 0.3) is 0 Å². The highest BCUT2D eigenvalue weighted by Gasteiger charge is 2.43. The minimum absolute atomic E-state index is 0.0732. The van der Waals surface area contributed by atoms with Gasteiger partial charge in [-0.2, -0.15) is 0 Å². The monoisotopic (exact) mass is 535 g/mol. The first kappa shape index (κ1) is 24.4. The lowest BCUT2D eigenvalue weighted by molar-refractivity contribution is 0.0124. The molecule has 206 valence electrons. The van der Waals surface area contributed by atoms with E-state index in [-0.39, 0.29) is 12.2 Å². The zero-order valence-electron chi connectivity index (χ0n) is 22.8. The molecule has 7 heteroatoms. The van der Waals surface area contributed by atoms with Crippen molar-refractivity contribution >= 4 is 16.9 Å². The van der Waals surface area contributed by atoms with Crippen LogP contribution in [0.5, 0.6) is 5.75 Å². The number of fused-ring (bicyclic) bond motifs is 4. The number of rotatable bonds is 5. The van der Waals surface area contributed by atoms with E-state index in [1.807, 2.05) is 6.07 Å². The highest BCUT2D eigenvalue weighted by molar-refractivity contribution is 6.00. The Morgan fingerprint density at radius 1 is 0.925 bits per heavy atom. The Bertz CT molecular complexity index is 1530. The number of aliphatic hydroxyl groups is 1.